The van der Waals surface area contributed by atoms with E-state index in [0.29, 0.717) is 5.82 Å². The van der Waals surface area contributed by atoms with Crippen molar-refractivity contribution < 1.29 is 8.42 Å². The van der Waals surface area contributed by atoms with E-state index in [0.717, 1.165) is 32.5 Å². The van der Waals surface area contributed by atoms with Crippen LogP contribution in [0.25, 0.3) is 0 Å². The Bertz CT molecular complexity index is 1080. The van der Waals surface area contributed by atoms with E-state index in [9.17, 15) is 8.42 Å². The molecule has 0 atom stereocenters. The van der Waals surface area contributed by atoms with Crippen molar-refractivity contribution in [3.63, 3.8) is 0 Å². The lowest BCUT2D eigenvalue weighted by molar-refractivity contribution is 0.596. The molecule has 0 saturated carbocycles. The lowest BCUT2D eigenvalue weighted by Gasteiger charge is -2.16. The van der Waals surface area contributed by atoms with Crippen molar-refractivity contribution in [2.45, 2.75) is 37.5 Å². The number of aromatic nitrogens is 1. The molecule has 0 amide bonds. The number of pyridine rings is 1. The summed E-state index contributed by atoms with van der Waals surface area (Å²) in [6.45, 7) is 7.89. The molecule has 6 heteroatoms. The zero-order valence-corrected chi connectivity index (χ0v) is 18.1. The molecule has 0 unspecified atom stereocenters. The summed E-state index contributed by atoms with van der Waals surface area (Å²) in [6, 6.07) is 14.1. The van der Waals surface area contributed by atoms with E-state index in [2.05, 4.69) is 38.4 Å². The van der Waals surface area contributed by atoms with Gasteiger partial charge in [-0.2, -0.15) is 0 Å². The van der Waals surface area contributed by atoms with Gasteiger partial charge in [0.25, 0.3) is 0 Å². The number of rotatable bonds is 4. The molecule has 1 N–H and O–H groups in total. The first kappa shape index (κ1) is 19.6. The van der Waals surface area contributed by atoms with Crippen LogP contribution in [0, 0.1) is 27.7 Å². The largest absolute Gasteiger partial charge is 0.339 e. The molecule has 0 aliphatic carbocycles. The number of benzene rings is 2. The summed E-state index contributed by atoms with van der Waals surface area (Å²) >= 11 is 3.34. The van der Waals surface area contributed by atoms with Crippen molar-refractivity contribution in [1.29, 1.82) is 0 Å². The number of hydrogen-bond acceptors (Lipinski definition) is 4. The van der Waals surface area contributed by atoms with Gasteiger partial charge in [-0.15, -0.1) is 0 Å². The summed E-state index contributed by atoms with van der Waals surface area (Å²) < 4.78 is 27.2. The zero-order chi connectivity index (χ0) is 19.8. The summed E-state index contributed by atoms with van der Waals surface area (Å²) in [5.74, 6) is 0.341. The third-order valence-corrected chi connectivity index (χ3v) is 6.66. The van der Waals surface area contributed by atoms with Crippen LogP contribution in [-0.4, -0.2) is 13.4 Å². The summed E-state index contributed by atoms with van der Waals surface area (Å²) in [6.07, 6.45) is 0. The highest BCUT2D eigenvalue weighted by atomic mass is 79.9. The minimum absolute atomic E-state index is 0.162. The normalized spacial score (nSPS) is 11.4. The van der Waals surface area contributed by atoms with Gasteiger partial charge >= 0.3 is 0 Å². The highest BCUT2D eigenvalue weighted by Crippen LogP contribution is 2.32. The lowest BCUT2D eigenvalue weighted by Crippen LogP contribution is -2.09. The molecule has 0 aliphatic rings. The maximum Gasteiger partial charge on any atom is 0.210 e. The first-order chi connectivity index (χ1) is 12.7. The fourth-order valence-corrected chi connectivity index (χ4v) is 4.70. The van der Waals surface area contributed by atoms with Crippen LogP contribution >= 0.6 is 15.9 Å². The first-order valence-electron chi connectivity index (χ1n) is 8.51. The maximum atomic E-state index is 13.2. The van der Waals surface area contributed by atoms with Crippen LogP contribution in [0.15, 0.2) is 62.8 Å². The van der Waals surface area contributed by atoms with Gasteiger partial charge < -0.3 is 5.32 Å². The number of hydrogen-bond donors (Lipinski definition) is 1. The third-order valence-electron chi connectivity index (χ3n) is 4.33. The molecule has 3 aromatic rings. The highest BCUT2D eigenvalue weighted by Gasteiger charge is 2.23. The number of nitrogens with one attached hydrogen (secondary N) is 1. The Morgan fingerprint density at radius 1 is 0.889 bits per heavy atom. The minimum atomic E-state index is -3.70. The van der Waals surface area contributed by atoms with Crippen LogP contribution in [0.5, 0.6) is 0 Å². The van der Waals surface area contributed by atoms with Gasteiger partial charge in [-0.3, -0.25) is 0 Å². The molecular weight excluding hydrogens is 424 g/mol. The van der Waals surface area contributed by atoms with E-state index < -0.39 is 9.84 Å². The molecule has 0 bridgehead atoms. The van der Waals surface area contributed by atoms with E-state index in [1.807, 2.05) is 27.7 Å². The van der Waals surface area contributed by atoms with E-state index in [-0.39, 0.29) is 9.79 Å². The SMILES string of the molecule is Cc1cc(C)c(Nc2nc(C)ccc2S(=O)(=O)c2ccc(Br)cc2)c(C)c1. The topological polar surface area (TPSA) is 59.1 Å². The molecule has 0 aliphatic heterocycles. The Morgan fingerprint density at radius 2 is 1.48 bits per heavy atom. The molecule has 0 radical (unpaired) electrons. The van der Waals surface area contributed by atoms with E-state index >= 15 is 0 Å². The first-order valence-corrected chi connectivity index (χ1v) is 10.8. The number of sulfone groups is 1. The van der Waals surface area contributed by atoms with E-state index in [1.54, 1.807) is 36.4 Å². The van der Waals surface area contributed by atoms with Crippen LogP contribution in [0.1, 0.15) is 22.4 Å². The van der Waals surface area contributed by atoms with Gasteiger partial charge in [0.1, 0.15) is 10.7 Å². The molecule has 1 heterocycles. The Labute approximate surface area is 168 Å². The van der Waals surface area contributed by atoms with Crippen LogP contribution in [-0.2, 0) is 9.84 Å². The quantitative estimate of drug-likeness (QED) is 0.564. The summed E-state index contributed by atoms with van der Waals surface area (Å²) in [7, 11) is -3.70. The predicted molar refractivity (Wildman–Crippen MR) is 113 cm³/mol. The molecule has 2 aromatic carbocycles. The second kappa shape index (κ2) is 7.44. The molecule has 27 heavy (non-hydrogen) atoms. The Hall–Kier alpha value is -2.18. The van der Waals surface area contributed by atoms with Crippen LogP contribution in [0.3, 0.4) is 0 Å². The summed E-state index contributed by atoms with van der Waals surface area (Å²) in [5, 5.41) is 3.26. The van der Waals surface area contributed by atoms with Gasteiger partial charge in [0.05, 0.1) is 4.90 Å². The lowest BCUT2D eigenvalue weighted by atomic mass is 10.1. The van der Waals surface area contributed by atoms with Crippen molar-refractivity contribution in [1.82, 2.24) is 4.98 Å². The number of nitrogens with zero attached hydrogens (tertiary/aromatic N) is 1. The van der Waals surface area contributed by atoms with Crippen molar-refractivity contribution in [2.75, 3.05) is 5.32 Å². The minimum Gasteiger partial charge on any atom is -0.339 e. The molecule has 140 valence electrons. The van der Waals surface area contributed by atoms with Gasteiger partial charge in [0.2, 0.25) is 9.84 Å². The average molecular weight is 445 g/mol. The van der Waals surface area contributed by atoms with E-state index in [4.69, 9.17) is 0 Å². The second-order valence-electron chi connectivity index (χ2n) is 6.66. The third kappa shape index (κ3) is 4.06. The Kier molecular flexibility index (Phi) is 5.40. The fraction of sp³-hybridized carbons (Fsp3) is 0.190. The molecular formula is C21H21BrN2O2S. The zero-order valence-electron chi connectivity index (χ0n) is 15.7. The van der Waals surface area contributed by atoms with Crippen molar-refractivity contribution in [2.24, 2.45) is 0 Å². The Balaban J connectivity index is 2.13. The van der Waals surface area contributed by atoms with Crippen molar-refractivity contribution in [3.05, 3.63) is 75.4 Å². The van der Waals surface area contributed by atoms with Crippen molar-refractivity contribution in [3.8, 4) is 0 Å². The number of halogens is 1. The van der Waals surface area contributed by atoms with Crippen molar-refractivity contribution >= 4 is 37.3 Å². The van der Waals surface area contributed by atoms with Gasteiger partial charge in [-0.05, 0) is 75.2 Å². The maximum absolute atomic E-state index is 13.2. The molecule has 0 fully saturated rings. The highest BCUT2D eigenvalue weighted by molar-refractivity contribution is 9.10. The van der Waals surface area contributed by atoms with Gasteiger partial charge in [-0.1, -0.05) is 33.6 Å². The number of aryl methyl sites for hydroxylation is 4. The fourth-order valence-electron chi connectivity index (χ4n) is 3.09. The molecule has 0 spiro atoms. The molecule has 0 saturated heterocycles. The monoisotopic (exact) mass is 444 g/mol. The Morgan fingerprint density at radius 3 is 2.07 bits per heavy atom. The molecule has 4 nitrogen and oxygen atoms in total. The smallest absolute Gasteiger partial charge is 0.210 e. The molecule has 3 rings (SSSR count). The standard InChI is InChI=1S/C21H21BrN2O2S/c1-13-11-14(2)20(15(3)12-13)24-21-19(10-5-16(4)23-21)27(25,26)18-8-6-17(22)7-9-18/h5-12H,1-4H3,(H,23,24). The average Bonchev–Trinajstić information content (AvgIpc) is 2.58. The summed E-state index contributed by atoms with van der Waals surface area (Å²) in [4.78, 5) is 4.88. The van der Waals surface area contributed by atoms with Gasteiger partial charge in [0, 0.05) is 15.9 Å². The van der Waals surface area contributed by atoms with E-state index in [1.165, 1.54) is 0 Å². The van der Waals surface area contributed by atoms with Gasteiger partial charge in [-0.25, -0.2) is 13.4 Å². The summed E-state index contributed by atoms with van der Waals surface area (Å²) in [5.41, 5.74) is 4.88. The predicted octanol–water partition coefficient (Wildman–Crippen LogP) is 5.65. The van der Waals surface area contributed by atoms with Crippen LogP contribution in [0.4, 0.5) is 11.5 Å². The van der Waals surface area contributed by atoms with Gasteiger partial charge in [0.15, 0.2) is 0 Å². The van der Waals surface area contributed by atoms with Crippen LogP contribution in [0.2, 0.25) is 0 Å². The van der Waals surface area contributed by atoms with Crippen LogP contribution < -0.4 is 5.32 Å². The number of anilines is 2. The second-order valence-corrected chi connectivity index (χ2v) is 9.49. The molecule has 1 aromatic heterocycles.